The van der Waals surface area contributed by atoms with E-state index in [9.17, 15) is 9.59 Å². The van der Waals surface area contributed by atoms with E-state index in [1.54, 1.807) is 0 Å². The minimum Gasteiger partial charge on any atom is -0.343 e. The molecule has 0 bridgehead atoms. The number of hydrogen-bond donors (Lipinski definition) is 1. The Morgan fingerprint density at radius 3 is 2.78 bits per heavy atom. The fourth-order valence-corrected chi connectivity index (χ4v) is 4.92. The first-order valence-corrected chi connectivity index (χ1v) is 9.37. The highest BCUT2D eigenvalue weighted by molar-refractivity contribution is 5.97. The lowest BCUT2D eigenvalue weighted by atomic mass is 10.1. The summed E-state index contributed by atoms with van der Waals surface area (Å²) in [5, 5.41) is 7.02. The van der Waals surface area contributed by atoms with E-state index in [1.165, 1.54) is 0 Å². The number of ether oxygens (including phenoxy) is 1. The highest BCUT2D eigenvalue weighted by Gasteiger charge is 2.65. The van der Waals surface area contributed by atoms with E-state index in [1.807, 2.05) is 54.0 Å². The van der Waals surface area contributed by atoms with Gasteiger partial charge in [-0.25, -0.2) is 0 Å². The number of aromatic nitrogens is 2. The van der Waals surface area contributed by atoms with Crippen LogP contribution in [-0.2, 0) is 9.53 Å². The van der Waals surface area contributed by atoms with Crippen molar-refractivity contribution in [3.63, 3.8) is 0 Å². The zero-order valence-corrected chi connectivity index (χ0v) is 15.4. The van der Waals surface area contributed by atoms with Crippen molar-refractivity contribution in [2.75, 3.05) is 13.1 Å². The lowest BCUT2D eigenvalue weighted by Gasteiger charge is -2.32. The number of H-pyrrole nitrogens is 1. The molecule has 0 aliphatic carbocycles. The average Bonchev–Trinajstić information content (AvgIpc) is 3.37. The van der Waals surface area contributed by atoms with Crippen molar-refractivity contribution in [2.45, 2.75) is 44.6 Å². The van der Waals surface area contributed by atoms with Crippen LogP contribution in [0.5, 0.6) is 0 Å². The Morgan fingerprint density at radius 1 is 1.30 bits per heavy atom. The standard InChI is InChI=1S/C20H22N4O3/c1-12-18(13(2)22-21-12)19(26)23-9-8-20-16(23)10-17(25)24(20)11-15(27-20)14-6-4-3-5-7-14/h3-7,15-16H,8-11H2,1-2H3,(H,21,22)/t15-,16-,20+/m1/s1. The molecule has 27 heavy (non-hydrogen) atoms. The number of hydrogen-bond acceptors (Lipinski definition) is 4. The summed E-state index contributed by atoms with van der Waals surface area (Å²) in [4.78, 5) is 29.6. The number of aromatic amines is 1. The number of carbonyl (C=O) groups excluding carboxylic acids is 2. The Kier molecular flexibility index (Phi) is 3.46. The largest absolute Gasteiger partial charge is 0.343 e. The third kappa shape index (κ3) is 2.21. The van der Waals surface area contributed by atoms with Gasteiger partial charge in [-0.3, -0.25) is 14.7 Å². The van der Waals surface area contributed by atoms with Crippen LogP contribution in [0, 0.1) is 13.8 Å². The first kappa shape index (κ1) is 16.5. The Balaban J connectivity index is 1.47. The van der Waals surface area contributed by atoms with Gasteiger partial charge in [-0.2, -0.15) is 5.10 Å². The second kappa shape index (κ2) is 5.66. The molecule has 1 aromatic heterocycles. The third-order valence-electron chi connectivity index (χ3n) is 6.20. The molecule has 1 spiro atoms. The molecule has 1 aromatic carbocycles. The summed E-state index contributed by atoms with van der Waals surface area (Å²) >= 11 is 0. The second-order valence-electron chi connectivity index (χ2n) is 7.64. The van der Waals surface area contributed by atoms with Crippen LogP contribution >= 0.6 is 0 Å². The summed E-state index contributed by atoms with van der Waals surface area (Å²) in [5.41, 5.74) is 2.43. The normalized spacial score (nSPS) is 29.3. The first-order valence-electron chi connectivity index (χ1n) is 9.37. The number of rotatable bonds is 2. The summed E-state index contributed by atoms with van der Waals surface area (Å²) in [6.07, 6.45) is 0.822. The van der Waals surface area contributed by atoms with Gasteiger partial charge in [0.1, 0.15) is 6.10 Å². The van der Waals surface area contributed by atoms with E-state index in [0.29, 0.717) is 37.2 Å². The van der Waals surface area contributed by atoms with Crippen LogP contribution in [0.1, 0.15) is 46.3 Å². The van der Waals surface area contributed by atoms with Crippen molar-refractivity contribution in [2.24, 2.45) is 0 Å². The van der Waals surface area contributed by atoms with Crippen molar-refractivity contribution in [1.82, 2.24) is 20.0 Å². The molecular weight excluding hydrogens is 344 g/mol. The summed E-state index contributed by atoms with van der Waals surface area (Å²) < 4.78 is 6.50. The summed E-state index contributed by atoms with van der Waals surface area (Å²) in [6.45, 7) is 4.80. The monoisotopic (exact) mass is 366 g/mol. The van der Waals surface area contributed by atoms with Gasteiger partial charge in [0.2, 0.25) is 5.91 Å². The van der Waals surface area contributed by atoms with Crippen LogP contribution in [0.4, 0.5) is 0 Å². The van der Waals surface area contributed by atoms with Gasteiger partial charge in [0.15, 0.2) is 5.72 Å². The topological polar surface area (TPSA) is 78.5 Å². The van der Waals surface area contributed by atoms with Crippen molar-refractivity contribution in [1.29, 1.82) is 0 Å². The van der Waals surface area contributed by atoms with Crippen molar-refractivity contribution >= 4 is 11.8 Å². The molecule has 7 heteroatoms. The summed E-state index contributed by atoms with van der Waals surface area (Å²) in [7, 11) is 0. The molecule has 140 valence electrons. The Labute approximate surface area is 157 Å². The predicted molar refractivity (Wildman–Crippen MR) is 96.8 cm³/mol. The number of nitrogens with zero attached hydrogens (tertiary/aromatic N) is 3. The molecular formula is C20H22N4O3. The van der Waals surface area contributed by atoms with Crippen LogP contribution in [0.3, 0.4) is 0 Å². The smallest absolute Gasteiger partial charge is 0.258 e. The molecule has 0 saturated carbocycles. The number of likely N-dealkylation sites (tertiary alicyclic amines) is 1. The molecule has 2 aromatic rings. The van der Waals surface area contributed by atoms with E-state index < -0.39 is 5.72 Å². The number of aryl methyl sites for hydroxylation is 2. The van der Waals surface area contributed by atoms with Crippen LogP contribution in [-0.4, -0.2) is 56.7 Å². The summed E-state index contributed by atoms with van der Waals surface area (Å²) in [5.74, 6) is -0.00129. The van der Waals surface area contributed by atoms with E-state index in [0.717, 1.165) is 11.3 Å². The van der Waals surface area contributed by atoms with E-state index in [4.69, 9.17) is 4.74 Å². The fraction of sp³-hybridized carbons (Fsp3) is 0.450. The van der Waals surface area contributed by atoms with Crippen molar-refractivity contribution in [3.05, 3.63) is 52.8 Å². The predicted octanol–water partition coefficient (Wildman–Crippen LogP) is 1.94. The third-order valence-corrected chi connectivity index (χ3v) is 6.20. The van der Waals surface area contributed by atoms with Crippen LogP contribution in [0.2, 0.25) is 0 Å². The first-order chi connectivity index (χ1) is 13.0. The fourth-order valence-electron chi connectivity index (χ4n) is 4.92. The number of nitrogens with one attached hydrogen (secondary N) is 1. The minimum atomic E-state index is -0.696. The Morgan fingerprint density at radius 2 is 2.07 bits per heavy atom. The van der Waals surface area contributed by atoms with Gasteiger partial charge in [-0.15, -0.1) is 0 Å². The molecule has 1 N–H and O–H groups in total. The second-order valence-corrected chi connectivity index (χ2v) is 7.64. The van der Waals surface area contributed by atoms with Gasteiger partial charge in [-0.05, 0) is 19.4 Å². The van der Waals surface area contributed by atoms with Crippen LogP contribution < -0.4 is 0 Å². The van der Waals surface area contributed by atoms with E-state index in [2.05, 4.69) is 10.2 Å². The number of carbonyl (C=O) groups is 2. The van der Waals surface area contributed by atoms with Crippen LogP contribution in [0.15, 0.2) is 30.3 Å². The SMILES string of the molecule is Cc1n[nH]c(C)c1C(=O)N1CC[C@@]23O[C@@H](c4ccccc4)CN2C(=O)C[C@@H]13. The molecule has 7 nitrogen and oxygen atoms in total. The molecule has 3 saturated heterocycles. The molecule has 5 rings (SSSR count). The summed E-state index contributed by atoms with van der Waals surface area (Å²) in [6, 6.07) is 9.73. The van der Waals surface area contributed by atoms with E-state index in [-0.39, 0.29) is 24.0 Å². The molecule has 0 unspecified atom stereocenters. The zero-order chi connectivity index (χ0) is 18.8. The minimum absolute atomic E-state index is 0.0663. The van der Waals surface area contributed by atoms with Gasteiger partial charge in [0.25, 0.3) is 5.91 Å². The average molecular weight is 366 g/mol. The zero-order valence-electron chi connectivity index (χ0n) is 15.4. The van der Waals surface area contributed by atoms with Gasteiger partial charge in [0, 0.05) is 18.7 Å². The lowest BCUT2D eigenvalue weighted by Crippen LogP contribution is -2.48. The Bertz CT molecular complexity index is 905. The molecule has 3 fully saturated rings. The highest BCUT2D eigenvalue weighted by Crippen LogP contribution is 2.50. The maximum Gasteiger partial charge on any atom is 0.258 e. The highest BCUT2D eigenvalue weighted by atomic mass is 16.5. The molecule has 0 radical (unpaired) electrons. The maximum atomic E-state index is 13.2. The van der Waals surface area contributed by atoms with Crippen LogP contribution in [0.25, 0.3) is 0 Å². The maximum absolute atomic E-state index is 13.2. The van der Waals surface area contributed by atoms with Gasteiger partial charge >= 0.3 is 0 Å². The lowest BCUT2D eigenvalue weighted by molar-refractivity contribution is -0.138. The van der Waals surface area contributed by atoms with Gasteiger partial charge in [0.05, 0.1) is 30.3 Å². The van der Waals surface area contributed by atoms with Gasteiger partial charge in [-0.1, -0.05) is 30.3 Å². The Hall–Kier alpha value is -2.67. The number of amides is 2. The van der Waals surface area contributed by atoms with Crippen molar-refractivity contribution < 1.29 is 14.3 Å². The molecule has 2 amide bonds. The number of benzene rings is 1. The molecule has 3 aliphatic rings. The van der Waals surface area contributed by atoms with Gasteiger partial charge < -0.3 is 14.5 Å². The molecule has 4 heterocycles. The van der Waals surface area contributed by atoms with E-state index >= 15 is 0 Å². The molecule has 3 aliphatic heterocycles. The molecule has 3 atom stereocenters. The quantitative estimate of drug-likeness (QED) is 0.881. The van der Waals surface area contributed by atoms with Crippen molar-refractivity contribution in [3.8, 4) is 0 Å².